The highest BCUT2D eigenvalue weighted by molar-refractivity contribution is 14.1. The molecule has 1 aromatic carbocycles. The molecule has 0 amide bonds. The molecule has 18 heavy (non-hydrogen) atoms. The Hall–Kier alpha value is -0.980. The van der Waals surface area contributed by atoms with Crippen molar-refractivity contribution in [2.24, 2.45) is 0 Å². The van der Waals surface area contributed by atoms with E-state index in [1.54, 1.807) is 6.92 Å². The van der Waals surface area contributed by atoms with Gasteiger partial charge in [0.15, 0.2) is 17.4 Å². The van der Waals surface area contributed by atoms with Crippen molar-refractivity contribution >= 4 is 28.4 Å². The minimum Gasteiger partial charge on any atom is -0.391 e. The number of halogens is 3. The normalized spacial score (nSPS) is 11.5. The SMILES string of the molecule is CCCN/C=C(\C)C(=O)c1cc(I)cc(F)c1F. The van der Waals surface area contributed by atoms with Crippen LogP contribution in [0.2, 0.25) is 0 Å². The number of carbonyl (C=O) groups excluding carboxylic acids is 1. The lowest BCUT2D eigenvalue weighted by atomic mass is 10.0. The second-order valence-electron chi connectivity index (χ2n) is 3.86. The van der Waals surface area contributed by atoms with Crippen molar-refractivity contribution in [3.05, 3.63) is 44.7 Å². The number of nitrogens with one attached hydrogen (secondary N) is 1. The van der Waals surface area contributed by atoms with Crippen molar-refractivity contribution in [1.29, 1.82) is 0 Å². The Labute approximate surface area is 119 Å². The molecule has 0 fully saturated rings. The van der Waals surface area contributed by atoms with Crippen molar-refractivity contribution in [2.45, 2.75) is 20.3 Å². The van der Waals surface area contributed by atoms with Crippen LogP contribution in [-0.2, 0) is 0 Å². The van der Waals surface area contributed by atoms with Crippen LogP contribution in [0.5, 0.6) is 0 Å². The predicted octanol–water partition coefficient (Wildman–Crippen LogP) is 3.66. The zero-order valence-electron chi connectivity index (χ0n) is 10.2. The number of allylic oxidation sites excluding steroid dienone is 1. The molecule has 1 N–H and O–H groups in total. The standard InChI is InChI=1S/C13H14F2INO/c1-3-4-17-7-8(2)13(18)10-5-9(16)6-11(14)12(10)15/h5-7,17H,3-4H2,1-2H3/b8-7+. The first-order chi connectivity index (χ1) is 8.47. The van der Waals surface area contributed by atoms with Gasteiger partial charge >= 0.3 is 0 Å². The third kappa shape index (κ3) is 3.76. The van der Waals surface area contributed by atoms with Gasteiger partial charge in [0.1, 0.15) is 0 Å². The van der Waals surface area contributed by atoms with E-state index in [0.717, 1.165) is 19.0 Å². The molecule has 0 heterocycles. The largest absolute Gasteiger partial charge is 0.391 e. The summed E-state index contributed by atoms with van der Waals surface area (Å²) in [7, 11) is 0. The first-order valence-electron chi connectivity index (χ1n) is 5.56. The topological polar surface area (TPSA) is 29.1 Å². The Kier molecular flexibility index (Phi) is 5.71. The van der Waals surface area contributed by atoms with Crippen molar-refractivity contribution in [1.82, 2.24) is 5.32 Å². The molecular formula is C13H14F2INO. The molecule has 0 saturated carbocycles. The number of ketones is 1. The lowest BCUT2D eigenvalue weighted by Gasteiger charge is -2.05. The fourth-order valence-electron chi connectivity index (χ4n) is 1.37. The molecule has 0 spiro atoms. The molecule has 2 nitrogen and oxygen atoms in total. The Morgan fingerprint density at radius 3 is 2.72 bits per heavy atom. The van der Waals surface area contributed by atoms with Crippen LogP contribution in [0.15, 0.2) is 23.9 Å². The molecule has 0 bridgehead atoms. The zero-order valence-corrected chi connectivity index (χ0v) is 12.3. The molecule has 0 aromatic heterocycles. The molecule has 0 atom stereocenters. The summed E-state index contributed by atoms with van der Waals surface area (Å²) in [6.07, 6.45) is 2.45. The van der Waals surface area contributed by atoms with Gasteiger partial charge in [0.25, 0.3) is 0 Å². The van der Waals surface area contributed by atoms with Crippen molar-refractivity contribution < 1.29 is 13.6 Å². The smallest absolute Gasteiger partial charge is 0.193 e. The Balaban J connectivity index is 3.00. The molecule has 0 aliphatic carbocycles. The van der Waals surface area contributed by atoms with Crippen LogP contribution in [0.1, 0.15) is 30.6 Å². The van der Waals surface area contributed by atoms with E-state index in [9.17, 15) is 13.6 Å². The van der Waals surface area contributed by atoms with Crippen molar-refractivity contribution in [3.63, 3.8) is 0 Å². The van der Waals surface area contributed by atoms with Gasteiger partial charge in [0.2, 0.25) is 0 Å². The number of hydrogen-bond acceptors (Lipinski definition) is 2. The number of benzene rings is 1. The summed E-state index contributed by atoms with van der Waals surface area (Å²) >= 11 is 1.85. The van der Waals surface area contributed by atoms with E-state index in [1.165, 1.54) is 12.3 Å². The minimum atomic E-state index is -1.09. The third-order valence-corrected chi connectivity index (χ3v) is 2.93. The molecule has 5 heteroatoms. The van der Waals surface area contributed by atoms with E-state index in [0.29, 0.717) is 9.14 Å². The Bertz CT molecular complexity index is 486. The second kappa shape index (κ2) is 6.82. The van der Waals surface area contributed by atoms with Crippen LogP contribution >= 0.6 is 22.6 Å². The number of Topliss-reactive ketones (excluding diaryl/α,β-unsaturated/α-hetero) is 1. The molecule has 98 valence electrons. The summed E-state index contributed by atoms with van der Waals surface area (Å²) in [6.45, 7) is 4.29. The summed E-state index contributed by atoms with van der Waals surface area (Å²) in [4.78, 5) is 11.9. The molecule has 0 aliphatic heterocycles. The van der Waals surface area contributed by atoms with Gasteiger partial charge in [-0.3, -0.25) is 4.79 Å². The highest BCUT2D eigenvalue weighted by atomic mass is 127. The highest BCUT2D eigenvalue weighted by Crippen LogP contribution is 2.19. The predicted molar refractivity (Wildman–Crippen MR) is 75.5 cm³/mol. The molecule has 1 aromatic rings. The molecule has 0 unspecified atom stereocenters. The third-order valence-electron chi connectivity index (χ3n) is 2.31. The molecule has 0 aliphatic rings. The summed E-state index contributed by atoms with van der Waals surface area (Å²) < 4.78 is 27.2. The van der Waals surface area contributed by atoms with Gasteiger partial charge in [-0.2, -0.15) is 0 Å². The van der Waals surface area contributed by atoms with E-state index in [2.05, 4.69) is 5.32 Å². The van der Waals surface area contributed by atoms with E-state index < -0.39 is 17.4 Å². The van der Waals surface area contributed by atoms with Crippen LogP contribution in [0.3, 0.4) is 0 Å². The quantitative estimate of drug-likeness (QED) is 0.284. The van der Waals surface area contributed by atoms with Crippen LogP contribution < -0.4 is 5.32 Å². The molecule has 1 rings (SSSR count). The maximum Gasteiger partial charge on any atom is 0.193 e. The van der Waals surface area contributed by atoms with Gasteiger partial charge in [0, 0.05) is 21.9 Å². The number of rotatable bonds is 5. The van der Waals surface area contributed by atoms with Gasteiger partial charge in [-0.1, -0.05) is 6.92 Å². The fraction of sp³-hybridized carbons (Fsp3) is 0.308. The van der Waals surface area contributed by atoms with Gasteiger partial charge in [-0.15, -0.1) is 0 Å². The van der Waals surface area contributed by atoms with Gasteiger partial charge in [-0.05, 0) is 48.1 Å². The summed E-state index contributed by atoms with van der Waals surface area (Å²) in [5, 5.41) is 2.93. The minimum absolute atomic E-state index is 0.230. The van der Waals surface area contributed by atoms with Gasteiger partial charge in [-0.25, -0.2) is 8.78 Å². The summed E-state index contributed by atoms with van der Waals surface area (Å²) in [6, 6.07) is 2.40. The Morgan fingerprint density at radius 2 is 2.11 bits per heavy atom. The molecular weight excluding hydrogens is 351 g/mol. The van der Waals surface area contributed by atoms with E-state index in [4.69, 9.17) is 0 Å². The molecule has 0 saturated heterocycles. The fourth-order valence-corrected chi connectivity index (χ4v) is 1.95. The molecule has 0 radical (unpaired) electrons. The van der Waals surface area contributed by atoms with Crippen molar-refractivity contribution in [2.75, 3.05) is 6.54 Å². The van der Waals surface area contributed by atoms with Crippen LogP contribution in [0.25, 0.3) is 0 Å². The Morgan fingerprint density at radius 1 is 1.44 bits per heavy atom. The maximum absolute atomic E-state index is 13.5. The van der Waals surface area contributed by atoms with E-state index in [1.807, 2.05) is 29.5 Å². The van der Waals surface area contributed by atoms with Gasteiger partial charge in [0.05, 0.1) is 5.56 Å². The first-order valence-corrected chi connectivity index (χ1v) is 6.64. The lowest BCUT2D eigenvalue weighted by Crippen LogP contribution is -2.12. The van der Waals surface area contributed by atoms with Crippen LogP contribution in [0.4, 0.5) is 8.78 Å². The lowest BCUT2D eigenvalue weighted by molar-refractivity contribution is 0.102. The average Bonchev–Trinajstić information content (AvgIpc) is 2.33. The average molecular weight is 365 g/mol. The second-order valence-corrected chi connectivity index (χ2v) is 5.11. The zero-order chi connectivity index (χ0) is 13.7. The summed E-state index contributed by atoms with van der Waals surface area (Å²) in [5.41, 5.74) is 0.121. The van der Waals surface area contributed by atoms with Gasteiger partial charge < -0.3 is 5.32 Å². The number of carbonyl (C=O) groups is 1. The first kappa shape index (κ1) is 15.1. The van der Waals surface area contributed by atoms with Crippen molar-refractivity contribution in [3.8, 4) is 0 Å². The summed E-state index contributed by atoms with van der Waals surface area (Å²) in [5.74, 6) is -2.60. The van der Waals surface area contributed by atoms with E-state index in [-0.39, 0.29) is 5.56 Å². The van der Waals surface area contributed by atoms with E-state index >= 15 is 0 Å². The highest BCUT2D eigenvalue weighted by Gasteiger charge is 2.17. The monoisotopic (exact) mass is 365 g/mol. The maximum atomic E-state index is 13.5. The number of hydrogen-bond donors (Lipinski definition) is 1. The van der Waals surface area contributed by atoms with Crippen LogP contribution in [0, 0.1) is 15.2 Å². The van der Waals surface area contributed by atoms with Crippen LogP contribution in [-0.4, -0.2) is 12.3 Å².